The van der Waals surface area contributed by atoms with Crippen molar-refractivity contribution in [3.63, 3.8) is 0 Å². The van der Waals surface area contributed by atoms with Gasteiger partial charge in [-0.2, -0.15) is 5.26 Å². The molecule has 2 aromatic carbocycles. The van der Waals surface area contributed by atoms with Crippen molar-refractivity contribution in [3.8, 4) is 11.8 Å². The standard InChI is InChI=1S/C19H14N2O2/c1-21-12-16(15-7-3-4-8-17(15)21)19(23)14(11-20)10-13-6-2-5-9-18(13)22/h2-10,12,22H,1H3/b14-10+. The predicted octanol–water partition coefficient (Wildman–Crippen LogP) is 3.67. The van der Waals surface area contributed by atoms with Gasteiger partial charge < -0.3 is 9.67 Å². The summed E-state index contributed by atoms with van der Waals surface area (Å²) in [4.78, 5) is 12.7. The van der Waals surface area contributed by atoms with Crippen molar-refractivity contribution in [2.75, 3.05) is 0 Å². The maximum atomic E-state index is 12.7. The van der Waals surface area contributed by atoms with E-state index < -0.39 is 0 Å². The highest BCUT2D eigenvalue weighted by Crippen LogP contribution is 2.25. The first-order valence-corrected chi connectivity index (χ1v) is 7.10. The third kappa shape index (κ3) is 2.60. The number of phenolic OH excluding ortho intramolecular Hbond substituents is 1. The molecule has 0 aliphatic heterocycles. The smallest absolute Gasteiger partial charge is 0.205 e. The molecule has 0 saturated carbocycles. The number of hydrogen-bond acceptors (Lipinski definition) is 3. The van der Waals surface area contributed by atoms with Crippen molar-refractivity contribution in [2.24, 2.45) is 7.05 Å². The van der Waals surface area contributed by atoms with E-state index in [0.717, 1.165) is 10.9 Å². The Morgan fingerprint density at radius 1 is 1.17 bits per heavy atom. The molecule has 0 bridgehead atoms. The number of rotatable bonds is 3. The number of aromatic hydroxyl groups is 1. The van der Waals surface area contributed by atoms with Crippen molar-refractivity contribution in [2.45, 2.75) is 0 Å². The number of benzene rings is 2. The average molecular weight is 302 g/mol. The van der Waals surface area contributed by atoms with Crippen molar-refractivity contribution in [1.82, 2.24) is 4.57 Å². The Kier molecular flexibility index (Phi) is 3.70. The lowest BCUT2D eigenvalue weighted by Gasteiger charge is -2.00. The minimum Gasteiger partial charge on any atom is -0.507 e. The summed E-state index contributed by atoms with van der Waals surface area (Å²) in [5, 5.41) is 20.0. The van der Waals surface area contributed by atoms with Gasteiger partial charge in [0.25, 0.3) is 0 Å². The number of aryl methyl sites for hydroxylation is 1. The molecule has 3 rings (SSSR count). The van der Waals surface area contributed by atoms with Crippen LogP contribution < -0.4 is 0 Å². The van der Waals surface area contributed by atoms with Gasteiger partial charge in [-0.3, -0.25) is 4.79 Å². The molecule has 0 unspecified atom stereocenters. The number of ketones is 1. The molecule has 0 aliphatic carbocycles. The molecule has 1 aromatic heterocycles. The number of Topliss-reactive ketones (excluding diaryl/α,β-unsaturated/α-hetero) is 1. The fourth-order valence-corrected chi connectivity index (χ4v) is 2.58. The van der Waals surface area contributed by atoms with Crippen molar-refractivity contribution in [1.29, 1.82) is 5.26 Å². The predicted molar refractivity (Wildman–Crippen MR) is 88.9 cm³/mol. The van der Waals surface area contributed by atoms with Gasteiger partial charge in [-0.1, -0.05) is 36.4 Å². The molecule has 1 heterocycles. The van der Waals surface area contributed by atoms with Crippen LogP contribution in [-0.4, -0.2) is 15.5 Å². The highest BCUT2D eigenvalue weighted by Gasteiger charge is 2.18. The number of allylic oxidation sites excluding steroid dienone is 1. The summed E-state index contributed by atoms with van der Waals surface area (Å²) in [6.07, 6.45) is 3.14. The van der Waals surface area contributed by atoms with Crippen LogP contribution in [-0.2, 0) is 7.05 Å². The summed E-state index contributed by atoms with van der Waals surface area (Å²) >= 11 is 0. The van der Waals surface area contributed by atoms with E-state index in [4.69, 9.17) is 0 Å². The van der Waals surface area contributed by atoms with Crippen LogP contribution in [0.2, 0.25) is 0 Å². The van der Waals surface area contributed by atoms with E-state index in [2.05, 4.69) is 0 Å². The number of carbonyl (C=O) groups is 1. The first-order valence-electron chi connectivity index (χ1n) is 7.10. The number of hydrogen-bond donors (Lipinski definition) is 1. The van der Waals surface area contributed by atoms with Gasteiger partial charge in [0.2, 0.25) is 5.78 Å². The Balaban J connectivity index is 2.10. The Morgan fingerprint density at radius 2 is 1.87 bits per heavy atom. The first-order chi connectivity index (χ1) is 11.1. The first kappa shape index (κ1) is 14.6. The number of nitrogens with zero attached hydrogens (tertiary/aromatic N) is 2. The second kappa shape index (κ2) is 5.82. The molecule has 3 aromatic rings. The van der Waals surface area contributed by atoms with E-state index in [0.29, 0.717) is 11.1 Å². The summed E-state index contributed by atoms with van der Waals surface area (Å²) in [6, 6.07) is 16.1. The molecule has 112 valence electrons. The van der Waals surface area contributed by atoms with Crippen LogP contribution in [0.15, 0.2) is 60.3 Å². The molecule has 23 heavy (non-hydrogen) atoms. The lowest BCUT2D eigenvalue weighted by atomic mass is 10.0. The molecule has 0 aliphatic rings. The molecular formula is C19H14N2O2. The third-order valence-electron chi connectivity index (χ3n) is 3.74. The number of carbonyl (C=O) groups excluding carboxylic acids is 1. The van der Waals surface area contributed by atoms with Crippen LogP contribution in [0.25, 0.3) is 17.0 Å². The molecule has 0 amide bonds. The second-order valence-electron chi connectivity index (χ2n) is 5.23. The number of aromatic nitrogens is 1. The number of para-hydroxylation sites is 2. The maximum absolute atomic E-state index is 12.7. The highest BCUT2D eigenvalue weighted by atomic mass is 16.3. The third-order valence-corrected chi connectivity index (χ3v) is 3.74. The Labute approximate surface area is 133 Å². The van der Waals surface area contributed by atoms with Crippen LogP contribution in [0.3, 0.4) is 0 Å². The van der Waals surface area contributed by atoms with Crippen molar-refractivity contribution < 1.29 is 9.90 Å². The topological polar surface area (TPSA) is 66.0 Å². The Morgan fingerprint density at radius 3 is 2.61 bits per heavy atom. The number of fused-ring (bicyclic) bond motifs is 1. The van der Waals surface area contributed by atoms with E-state index in [-0.39, 0.29) is 17.1 Å². The van der Waals surface area contributed by atoms with Crippen LogP contribution in [0.4, 0.5) is 0 Å². The Bertz CT molecular complexity index is 974. The molecule has 4 nitrogen and oxygen atoms in total. The lowest BCUT2D eigenvalue weighted by molar-refractivity contribution is 0.104. The van der Waals surface area contributed by atoms with Crippen LogP contribution in [0.1, 0.15) is 15.9 Å². The van der Waals surface area contributed by atoms with Crippen molar-refractivity contribution in [3.05, 3.63) is 71.4 Å². The monoisotopic (exact) mass is 302 g/mol. The normalized spacial score (nSPS) is 11.4. The maximum Gasteiger partial charge on any atom is 0.205 e. The molecular weight excluding hydrogens is 288 g/mol. The quantitative estimate of drug-likeness (QED) is 0.456. The van der Waals surface area contributed by atoms with Gasteiger partial charge in [0.1, 0.15) is 17.4 Å². The molecule has 0 fully saturated rings. The van der Waals surface area contributed by atoms with E-state index in [1.54, 1.807) is 24.4 Å². The number of phenols is 1. The summed E-state index contributed by atoms with van der Waals surface area (Å²) < 4.78 is 1.86. The molecule has 1 N–H and O–H groups in total. The van der Waals surface area contributed by atoms with Gasteiger partial charge in [0, 0.05) is 35.3 Å². The fraction of sp³-hybridized carbons (Fsp3) is 0.0526. The van der Waals surface area contributed by atoms with Gasteiger partial charge in [0.15, 0.2) is 0 Å². The minimum atomic E-state index is -0.354. The molecule has 0 atom stereocenters. The largest absolute Gasteiger partial charge is 0.507 e. The average Bonchev–Trinajstić information content (AvgIpc) is 2.91. The van der Waals surface area contributed by atoms with Gasteiger partial charge >= 0.3 is 0 Å². The van der Waals surface area contributed by atoms with E-state index in [1.165, 1.54) is 12.1 Å². The molecule has 0 spiro atoms. The Hall–Kier alpha value is -3.32. The van der Waals surface area contributed by atoms with E-state index in [9.17, 15) is 15.2 Å². The van der Waals surface area contributed by atoms with Gasteiger partial charge in [-0.15, -0.1) is 0 Å². The van der Waals surface area contributed by atoms with Crippen LogP contribution >= 0.6 is 0 Å². The molecule has 0 radical (unpaired) electrons. The SMILES string of the molecule is Cn1cc(C(=O)/C(C#N)=C/c2ccccc2O)c2ccccc21. The summed E-state index contributed by atoms with van der Waals surface area (Å²) in [6.45, 7) is 0. The van der Waals surface area contributed by atoms with Gasteiger partial charge in [-0.05, 0) is 18.2 Å². The lowest BCUT2D eigenvalue weighted by Crippen LogP contribution is -2.01. The molecule has 4 heteroatoms. The molecule has 0 saturated heterocycles. The van der Waals surface area contributed by atoms with E-state index in [1.807, 2.05) is 41.9 Å². The highest BCUT2D eigenvalue weighted by molar-refractivity contribution is 6.20. The zero-order chi connectivity index (χ0) is 16.4. The zero-order valence-corrected chi connectivity index (χ0v) is 12.5. The summed E-state index contributed by atoms with van der Waals surface area (Å²) in [5.41, 5.74) is 1.84. The van der Waals surface area contributed by atoms with Gasteiger partial charge in [-0.25, -0.2) is 0 Å². The zero-order valence-electron chi connectivity index (χ0n) is 12.5. The summed E-state index contributed by atoms with van der Waals surface area (Å²) in [5.74, 6) is -0.321. The van der Waals surface area contributed by atoms with E-state index >= 15 is 0 Å². The summed E-state index contributed by atoms with van der Waals surface area (Å²) in [7, 11) is 1.86. The minimum absolute atomic E-state index is 0.0112. The fourth-order valence-electron chi connectivity index (χ4n) is 2.58. The second-order valence-corrected chi connectivity index (χ2v) is 5.23. The number of nitriles is 1. The van der Waals surface area contributed by atoms with Gasteiger partial charge in [0.05, 0.1) is 0 Å². The van der Waals surface area contributed by atoms with Crippen LogP contribution in [0, 0.1) is 11.3 Å². The van der Waals surface area contributed by atoms with Crippen molar-refractivity contribution >= 4 is 22.8 Å². The van der Waals surface area contributed by atoms with Crippen LogP contribution in [0.5, 0.6) is 5.75 Å².